The Kier molecular flexibility index (Phi) is 4.81. The van der Waals surface area contributed by atoms with Gasteiger partial charge < -0.3 is 9.76 Å². The first-order valence-corrected chi connectivity index (χ1v) is 7.84. The highest BCUT2D eigenvalue weighted by Crippen LogP contribution is 2.35. The summed E-state index contributed by atoms with van der Waals surface area (Å²) in [6, 6.07) is 6.44. The summed E-state index contributed by atoms with van der Waals surface area (Å²) >= 11 is 17.8. The Labute approximate surface area is 155 Å². The van der Waals surface area contributed by atoms with E-state index in [0.717, 1.165) is 17.1 Å². The van der Waals surface area contributed by atoms with E-state index < -0.39 is 19.2 Å². The molecule has 0 bridgehead atoms. The van der Waals surface area contributed by atoms with Crippen molar-refractivity contribution < 1.29 is 22.9 Å². The van der Waals surface area contributed by atoms with Crippen LogP contribution in [-0.2, 0) is 0 Å². The summed E-state index contributed by atoms with van der Waals surface area (Å²) in [6.07, 6.45) is -3.45. The third-order valence-electron chi connectivity index (χ3n) is 3.36. The van der Waals surface area contributed by atoms with E-state index in [4.69, 9.17) is 34.8 Å². The molecule has 1 heterocycles. The van der Waals surface area contributed by atoms with Crippen LogP contribution in [-0.4, -0.2) is 24.7 Å². The number of alkyl halides is 3. The van der Waals surface area contributed by atoms with Crippen LogP contribution in [0.25, 0.3) is 0 Å². The molecule has 130 valence electrons. The number of rotatable bonds is 2. The van der Waals surface area contributed by atoms with E-state index >= 15 is 0 Å². The molecular formula is C14H7BCl3F3N2O2. The van der Waals surface area contributed by atoms with Crippen molar-refractivity contribution >= 4 is 59.2 Å². The van der Waals surface area contributed by atoms with E-state index in [-0.39, 0.29) is 20.5 Å². The van der Waals surface area contributed by atoms with Crippen LogP contribution in [0.4, 0.5) is 18.9 Å². The van der Waals surface area contributed by atoms with E-state index in [0.29, 0.717) is 11.3 Å². The summed E-state index contributed by atoms with van der Waals surface area (Å²) in [6.45, 7) is 0. The topological polar surface area (TPSA) is 45.1 Å². The molecule has 0 aliphatic carbocycles. The molecule has 2 aromatic carbocycles. The van der Waals surface area contributed by atoms with Gasteiger partial charge in [0.25, 0.3) is 0 Å². The second kappa shape index (κ2) is 6.61. The summed E-state index contributed by atoms with van der Waals surface area (Å²) in [5.41, 5.74) is 0.944. The minimum atomic E-state index is -4.83. The van der Waals surface area contributed by atoms with E-state index in [9.17, 15) is 18.2 Å². The van der Waals surface area contributed by atoms with Crippen LogP contribution in [0.3, 0.4) is 0 Å². The smallest absolute Gasteiger partial charge is 0.427 e. The lowest BCUT2D eigenvalue weighted by Gasteiger charge is -2.27. The van der Waals surface area contributed by atoms with E-state index in [2.05, 4.69) is 9.84 Å². The first-order chi connectivity index (χ1) is 11.7. The molecule has 0 atom stereocenters. The number of benzene rings is 2. The van der Waals surface area contributed by atoms with E-state index in [1.54, 1.807) is 0 Å². The maximum Gasteiger partial charge on any atom is 0.573 e. The number of nitrogens with zero attached hydrogens (tertiary/aromatic N) is 2. The molecule has 1 aliphatic rings. The second-order valence-corrected chi connectivity index (χ2v) is 6.22. The van der Waals surface area contributed by atoms with E-state index in [1.807, 2.05) is 0 Å². The summed E-state index contributed by atoms with van der Waals surface area (Å²) in [7, 11) is -1.37. The van der Waals surface area contributed by atoms with Crippen LogP contribution < -0.4 is 15.1 Å². The van der Waals surface area contributed by atoms with E-state index in [1.165, 1.54) is 24.4 Å². The van der Waals surface area contributed by atoms with Crippen molar-refractivity contribution in [3.63, 3.8) is 0 Å². The third kappa shape index (κ3) is 3.82. The molecule has 1 N–H and O–H groups in total. The molecule has 0 radical (unpaired) electrons. The normalized spacial score (nSPS) is 13.9. The summed E-state index contributed by atoms with van der Waals surface area (Å²) in [5.74, 6) is -0.451. The van der Waals surface area contributed by atoms with Crippen molar-refractivity contribution in [1.29, 1.82) is 0 Å². The number of halogens is 6. The molecule has 0 saturated heterocycles. The lowest BCUT2D eigenvalue weighted by atomic mass is 9.69. The highest BCUT2D eigenvalue weighted by molar-refractivity contribution is 6.71. The standard InChI is InChI=1S/C14H7BCl3F3N2O2/c16-11-3-8(4-12(17)13(11)18)23-15(24)10-5-9(25-14(19,20)21)2-1-7(10)6-22-23/h1-6,24H. The molecule has 0 aromatic heterocycles. The predicted molar refractivity (Wildman–Crippen MR) is 92.3 cm³/mol. The highest BCUT2D eigenvalue weighted by Gasteiger charge is 2.34. The molecule has 1 aliphatic heterocycles. The molecule has 4 nitrogen and oxygen atoms in total. The van der Waals surface area contributed by atoms with Crippen LogP contribution in [0, 0.1) is 0 Å². The lowest BCUT2D eigenvalue weighted by Crippen LogP contribution is -2.50. The summed E-state index contributed by atoms with van der Waals surface area (Å²) in [5, 5.41) is 15.0. The molecule has 11 heteroatoms. The van der Waals surface area contributed by atoms with Gasteiger partial charge in [0.2, 0.25) is 0 Å². The molecule has 0 spiro atoms. The first-order valence-electron chi connectivity index (χ1n) is 6.71. The van der Waals surface area contributed by atoms with Crippen LogP contribution >= 0.6 is 34.8 Å². The largest absolute Gasteiger partial charge is 0.573 e. The molecule has 0 amide bonds. The van der Waals surface area contributed by atoms with Gasteiger partial charge in [-0.1, -0.05) is 40.9 Å². The van der Waals surface area contributed by atoms with Crippen molar-refractivity contribution in [2.75, 3.05) is 4.92 Å². The van der Waals surface area contributed by atoms with Crippen molar-refractivity contribution in [2.24, 2.45) is 5.10 Å². The zero-order valence-electron chi connectivity index (χ0n) is 12.1. The molecular weight excluding hydrogens is 402 g/mol. The van der Waals surface area contributed by atoms with Gasteiger partial charge >= 0.3 is 13.4 Å². The van der Waals surface area contributed by atoms with Gasteiger partial charge in [0.1, 0.15) is 5.75 Å². The highest BCUT2D eigenvalue weighted by atomic mass is 35.5. The predicted octanol–water partition coefficient (Wildman–Crippen LogP) is 4.09. The number of hydrogen-bond donors (Lipinski definition) is 1. The SMILES string of the molecule is OB1c2cc(OC(F)(F)F)ccc2C=NN1c1cc(Cl)c(Cl)c(Cl)c1. The minimum Gasteiger partial charge on any atom is -0.427 e. The molecule has 3 rings (SSSR count). The molecule has 0 saturated carbocycles. The Hall–Kier alpha value is -1.61. The van der Waals surface area contributed by atoms with Crippen LogP contribution in [0.2, 0.25) is 15.1 Å². The van der Waals surface area contributed by atoms with Gasteiger partial charge in [0, 0.05) is 0 Å². The first kappa shape index (κ1) is 18.2. The monoisotopic (exact) mass is 408 g/mol. The summed E-state index contributed by atoms with van der Waals surface area (Å²) < 4.78 is 41.0. The Morgan fingerprint density at radius 3 is 2.32 bits per heavy atom. The fraction of sp³-hybridized carbons (Fsp3) is 0.0714. The minimum absolute atomic E-state index is 0.142. The van der Waals surface area contributed by atoms with Crippen LogP contribution in [0.15, 0.2) is 35.4 Å². The number of hydrazone groups is 1. The Bertz CT molecular complexity index is 841. The zero-order chi connectivity index (χ0) is 18.4. The third-order valence-corrected chi connectivity index (χ3v) is 4.55. The zero-order valence-corrected chi connectivity index (χ0v) is 14.3. The number of ether oxygens (including phenoxy) is 1. The number of hydrogen-bond acceptors (Lipinski definition) is 4. The maximum absolute atomic E-state index is 12.4. The Balaban J connectivity index is 1.98. The average molecular weight is 409 g/mol. The summed E-state index contributed by atoms with van der Waals surface area (Å²) in [4.78, 5) is 1.15. The van der Waals surface area contributed by atoms with Crippen LogP contribution in [0.1, 0.15) is 5.56 Å². The Morgan fingerprint density at radius 1 is 1.08 bits per heavy atom. The number of anilines is 1. The van der Waals surface area contributed by atoms with Gasteiger partial charge in [-0.15, -0.1) is 13.2 Å². The lowest BCUT2D eigenvalue weighted by molar-refractivity contribution is -0.274. The fourth-order valence-electron chi connectivity index (χ4n) is 2.29. The van der Waals surface area contributed by atoms with Crippen molar-refractivity contribution in [3.05, 3.63) is 51.0 Å². The number of fused-ring (bicyclic) bond motifs is 1. The second-order valence-electron chi connectivity index (χ2n) is 5.02. The quantitative estimate of drug-likeness (QED) is 0.601. The van der Waals surface area contributed by atoms with Gasteiger partial charge in [0.15, 0.2) is 0 Å². The maximum atomic E-state index is 12.4. The fourth-order valence-corrected chi connectivity index (χ4v) is 2.88. The van der Waals surface area contributed by atoms with Gasteiger partial charge in [-0.05, 0) is 35.3 Å². The molecule has 25 heavy (non-hydrogen) atoms. The Morgan fingerprint density at radius 2 is 1.72 bits per heavy atom. The molecule has 2 aromatic rings. The average Bonchev–Trinajstić information content (AvgIpc) is 2.51. The van der Waals surface area contributed by atoms with Crippen molar-refractivity contribution in [3.8, 4) is 5.75 Å². The van der Waals surface area contributed by atoms with Gasteiger partial charge in [-0.3, -0.25) is 4.92 Å². The van der Waals surface area contributed by atoms with Crippen molar-refractivity contribution in [2.45, 2.75) is 6.36 Å². The van der Waals surface area contributed by atoms with Crippen LogP contribution in [0.5, 0.6) is 5.75 Å². The van der Waals surface area contributed by atoms with Crippen molar-refractivity contribution in [1.82, 2.24) is 0 Å². The van der Waals surface area contributed by atoms with Gasteiger partial charge in [-0.25, -0.2) is 0 Å². The van der Waals surface area contributed by atoms with Gasteiger partial charge in [0.05, 0.1) is 27.0 Å². The molecule has 0 unspecified atom stereocenters. The molecule has 0 fully saturated rings. The van der Waals surface area contributed by atoms with Gasteiger partial charge in [-0.2, -0.15) is 5.10 Å².